The first-order chi connectivity index (χ1) is 8.34. The molecule has 0 aromatic rings. The number of carbonyl (C=O) groups is 4. The van der Waals surface area contributed by atoms with Gasteiger partial charge in [-0.3, -0.25) is 19.3 Å². The predicted octanol–water partition coefficient (Wildman–Crippen LogP) is -0.500. The first-order valence-electron chi connectivity index (χ1n) is 5.08. The Morgan fingerprint density at radius 1 is 1.44 bits per heavy atom. The molecule has 100 valence electrons. The Morgan fingerprint density at radius 2 is 2.06 bits per heavy atom. The van der Waals surface area contributed by atoms with Gasteiger partial charge in [-0.15, -0.1) is 0 Å². The van der Waals surface area contributed by atoms with E-state index in [1.165, 1.54) is 4.90 Å². The molecule has 0 radical (unpaired) electrons. The molecule has 1 atom stereocenters. The van der Waals surface area contributed by atoms with Crippen molar-refractivity contribution in [1.82, 2.24) is 9.80 Å². The number of primary amides is 1. The SMILES string of the molecule is CC1CN(CCOC(N)=O)C(=O)C(=O)N1C(=O)Cl. The van der Waals surface area contributed by atoms with Gasteiger partial charge in [0.25, 0.3) is 0 Å². The van der Waals surface area contributed by atoms with Crippen molar-refractivity contribution in [3.63, 3.8) is 0 Å². The quantitative estimate of drug-likeness (QED) is 0.425. The molecule has 1 aliphatic heterocycles. The molecule has 4 amide bonds. The van der Waals surface area contributed by atoms with Crippen LogP contribution in [0.4, 0.5) is 9.59 Å². The molecule has 1 saturated heterocycles. The van der Waals surface area contributed by atoms with Gasteiger partial charge in [-0.1, -0.05) is 0 Å². The summed E-state index contributed by atoms with van der Waals surface area (Å²) in [5.74, 6) is -1.86. The van der Waals surface area contributed by atoms with E-state index in [1.807, 2.05) is 0 Å². The lowest BCUT2D eigenvalue weighted by atomic mass is 10.2. The summed E-state index contributed by atoms with van der Waals surface area (Å²) in [6.45, 7) is 1.62. The maximum atomic E-state index is 11.6. The standard InChI is InChI=1S/C9H12ClN3O5/c1-5-4-12(2-3-18-9(11)17)6(14)7(15)13(5)8(10)16/h5H,2-4H2,1H3,(H2,11,17). The Hall–Kier alpha value is -1.83. The smallest absolute Gasteiger partial charge is 0.404 e. The molecule has 0 spiro atoms. The summed E-state index contributed by atoms with van der Waals surface area (Å²) >= 11 is 5.21. The van der Waals surface area contributed by atoms with E-state index in [9.17, 15) is 19.2 Å². The second-order valence-corrected chi connectivity index (χ2v) is 4.02. The second-order valence-electron chi connectivity index (χ2n) is 3.70. The van der Waals surface area contributed by atoms with Crippen molar-refractivity contribution in [1.29, 1.82) is 0 Å². The number of imide groups is 1. The molecule has 0 aliphatic carbocycles. The highest BCUT2D eigenvalue weighted by atomic mass is 35.5. The number of ether oxygens (including phenoxy) is 1. The van der Waals surface area contributed by atoms with Gasteiger partial charge >= 0.3 is 23.3 Å². The first-order valence-corrected chi connectivity index (χ1v) is 5.46. The summed E-state index contributed by atoms with van der Waals surface area (Å²) in [5, 5.41) is -0.992. The van der Waals surface area contributed by atoms with Crippen molar-refractivity contribution in [2.24, 2.45) is 5.73 Å². The third kappa shape index (κ3) is 3.10. The van der Waals surface area contributed by atoms with Crippen molar-refractivity contribution in [3.8, 4) is 0 Å². The fourth-order valence-electron chi connectivity index (χ4n) is 1.62. The Bertz CT molecular complexity index is 400. The van der Waals surface area contributed by atoms with E-state index in [0.717, 1.165) is 0 Å². The molecule has 0 aromatic heterocycles. The molecular weight excluding hydrogens is 266 g/mol. The molecule has 1 rings (SSSR count). The maximum Gasteiger partial charge on any atom is 0.404 e. The predicted molar refractivity (Wildman–Crippen MR) is 59.7 cm³/mol. The average Bonchev–Trinajstić information content (AvgIpc) is 2.24. The third-order valence-electron chi connectivity index (χ3n) is 2.41. The maximum absolute atomic E-state index is 11.6. The highest BCUT2D eigenvalue weighted by Gasteiger charge is 2.39. The van der Waals surface area contributed by atoms with Gasteiger partial charge in [0, 0.05) is 6.54 Å². The van der Waals surface area contributed by atoms with Crippen LogP contribution in [0.5, 0.6) is 0 Å². The molecular formula is C9H12ClN3O5. The summed E-state index contributed by atoms with van der Waals surface area (Å²) in [5.41, 5.74) is 4.76. The average molecular weight is 278 g/mol. The Morgan fingerprint density at radius 3 is 2.56 bits per heavy atom. The van der Waals surface area contributed by atoms with Gasteiger partial charge in [-0.2, -0.15) is 0 Å². The van der Waals surface area contributed by atoms with E-state index in [-0.39, 0.29) is 19.7 Å². The van der Waals surface area contributed by atoms with Crippen LogP contribution >= 0.6 is 11.6 Å². The Labute approximate surface area is 108 Å². The molecule has 18 heavy (non-hydrogen) atoms. The minimum Gasteiger partial charge on any atom is -0.448 e. The van der Waals surface area contributed by atoms with Gasteiger partial charge in [-0.05, 0) is 18.5 Å². The van der Waals surface area contributed by atoms with Crippen LogP contribution < -0.4 is 5.73 Å². The van der Waals surface area contributed by atoms with Crippen LogP contribution in [0.25, 0.3) is 0 Å². The van der Waals surface area contributed by atoms with Crippen LogP contribution in [-0.2, 0) is 14.3 Å². The van der Waals surface area contributed by atoms with E-state index < -0.39 is 29.3 Å². The number of piperazine rings is 1. The number of rotatable bonds is 3. The largest absolute Gasteiger partial charge is 0.448 e. The van der Waals surface area contributed by atoms with Gasteiger partial charge in [0.05, 0.1) is 12.6 Å². The zero-order chi connectivity index (χ0) is 13.9. The molecule has 1 heterocycles. The van der Waals surface area contributed by atoms with E-state index in [0.29, 0.717) is 4.90 Å². The van der Waals surface area contributed by atoms with Crippen molar-refractivity contribution < 1.29 is 23.9 Å². The van der Waals surface area contributed by atoms with Crippen LogP contribution in [0.15, 0.2) is 0 Å². The lowest BCUT2D eigenvalue weighted by molar-refractivity contribution is -0.155. The summed E-state index contributed by atoms with van der Waals surface area (Å²) in [6.07, 6.45) is -0.962. The van der Waals surface area contributed by atoms with Gasteiger partial charge in [0.15, 0.2) is 0 Å². The van der Waals surface area contributed by atoms with Gasteiger partial charge in [-0.25, -0.2) is 4.79 Å². The van der Waals surface area contributed by atoms with Crippen LogP contribution in [0, 0.1) is 0 Å². The molecule has 8 nitrogen and oxygen atoms in total. The fourth-order valence-corrected chi connectivity index (χ4v) is 1.87. The number of hydrogen-bond acceptors (Lipinski definition) is 5. The van der Waals surface area contributed by atoms with E-state index in [1.54, 1.807) is 6.92 Å². The molecule has 0 saturated carbocycles. The zero-order valence-corrected chi connectivity index (χ0v) is 10.3. The number of hydrogen-bond donors (Lipinski definition) is 1. The monoisotopic (exact) mass is 277 g/mol. The van der Waals surface area contributed by atoms with Gasteiger partial charge < -0.3 is 15.4 Å². The number of carbonyl (C=O) groups excluding carboxylic acids is 4. The minimum atomic E-state index is -0.993. The number of nitrogens with zero attached hydrogens (tertiary/aromatic N) is 2. The number of amides is 4. The second kappa shape index (κ2) is 5.67. The zero-order valence-electron chi connectivity index (χ0n) is 9.59. The van der Waals surface area contributed by atoms with Crippen molar-refractivity contribution >= 4 is 34.9 Å². The summed E-state index contributed by atoms with van der Waals surface area (Å²) in [7, 11) is 0. The van der Waals surface area contributed by atoms with Crippen LogP contribution in [-0.4, -0.2) is 58.8 Å². The van der Waals surface area contributed by atoms with Crippen LogP contribution in [0.3, 0.4) is 0 Å². The summed E-state index contributed by atoms with van der Waals surface area (Å²) < 4.78 is 4.46. The van der Waals surface area contributed by atoms with Crippen LogP contribution in [0.1, 0.15) is 6.92 Å². The van der Waals surface area contributed by atoms with E-state index >= 15 is 0 Å². The highest BCUT2D eigenvalue weighted by Crippen LogP contribution is 2.14. The molecule has 0 aromatic carbocycles. The van der Waals surface area contributed by atoms with Crippen molar-refractivity contribution in [2.75, 3.05) is 19.7 Å². The Balaban J connectivity index is 2.64. The normalized spacial score (nSPS) is 20.0. The number of halogens is 1. The van der Waals surface area contributed by atoms with Crippen LogP contribution in [0.2, 0.25) is 0 Å². The molecule has 2 N–H and O–H groups in total. The van der Waals surface area contributed by atoms with E-state index in [2.05, 4.69) is 4.74 Å². The fraction of sp³-hybridized carbons (Fsp3) is 0.556. The van der Waals surface area contributed by atoms with Gasteiger partial charge in [0.2, 0.25) is 0 Å². The topological polar surface area (TPSA) is 110 Å². The Kier molecular flexibility index (Phi) is 4.49. The third-order valence-corrected chi connectivity index (χ3v) is 2.59. The van der Waals surface area contributed by atoms with Crippen molar-refractivity contribution in [2.45, 2.75) is 13.0 Å². The van der Waals surface area contributed by atoms with E-state index in [4.69, 9.17) is 17.3 Å². The highest BCUT2D eigenvalue weighted by molar-refractivity contribution is 6.65. The van der Waals surface area contributed by atoms with Gasteiger partial charge in [0.1, 0.15) is 6.61 Å². The molecule has 1 unspecified atom stereocenters. The molecule has 0 bridgehead atoms. The molecule has 1 aliphatic rings. The minimum absolute atomic E-state index is 0.0299. The first kappa shape index (κ1) is 14.2. The summed E-state index contributed by atoms with van der Waals surface area (Å²) in [6, 6.07) is -0.534. The molecule has 9 heteroatoms. The number of nitrogens with two attached hydrogens (primary N) is 1. The molecule has 1 fully saturated rings. The lowest BCUT2D eigenvalue weighted by Gasteiger charge is -2.36. The van der Waals surface area contributed by atoms with Crippen molar-refractivity contribution in [3.05, 3.63) is 0 Å². The lowest BCUT2D eigenvalue weighted by Crippen LogP contribution is -2.59. The summed E-state index contributed by atoms with van der Waals surface area (Å²) in [4.78, 5) is 46.4.